The molecular formula is C16H26BrN3O. The first-order chi connectivity index (χ1) is 10.2. The Morgan fingerprint density at radius 3 is 2.48 bits per heavy atom. The quantitative estimate of drug-likeness (QED) is 0.668. The van der Waals surface area contributed by atoms with Crippen molar-refractivity contribution in [2.45, 2.75) is 26.7 Å². The zero-order chi connectivity index (χ0) is 15.5. The van der Waals surface area contributed by atoms with Crippen LogP contribution in [0.5, 0.6) is 0 Å². The number of hydrogen-bond acceptors (Lipinski definition) is 2. The van der Waals surface area contributed by atoms with E-state index < -0.39 is 0 Å². The second kappa shape index (κ2) is 10.6. The first-order valence-electron chi connectivity index (χ1n) is 7.64. The summed E-state index contributed by atoms with van der Waals surface area (Å²) in [5, 5.41) is 5.79. The fourth-order valence-corrected chi connectivity index (χ4v) is 2.60. The topological polar surface area (TPSA) is 44.4 Å². The Bertz CT molecular complexity index is 422. The van der Waals surface area contributed by atoms with Gasteiger partial charge >= 0.3 is 6.03 Å². The Balaban J connectivity index is 2.10. The maximum atomic E-state index is 11.7. The number of nitrogens with zero attached hydrogens (tertiary/aromatic N) is 1. The second-order valence-corrected chi connectivity index (χ2v) is 5.76. The van der Waals surface area contributed by atoms with Crippen LogP contribution in [0.4, 0.5) is 4.79 Å². The van der Waals surface area contributed by atoms with Gasteiger partial charge in [0, 0.05) is 17.6 Å². The SMILES string of the molecule is CCN(CC)CCCNC(=O)NCCc1ccccc1Br. The zero-order valence-corrected chi connectivity index (χ0v) is 14.6. The number of urea groups is 1. The van der Waals surface area contributed by atoms with Crippen LogP contribution in [0.15, 0.2) is 28.7 Å². The van der Waals surface area contributed by atoms with Crippen LogP contribution in [0.2, 0.25) is 0 Å². The fourth-order valence-electron chi connectivity index (χ4n) is 2.12. The van der Waals surface area contributed by atoms with Crippen LogP contribution < -0.4 is 10.6 Å². The Hall–Kier alpha value is -1.07. The second-order valence-electron chi connectivity index (χ2n) is 4.90. The highest BCUT2D eigenvalue weighted by atomic mass is 79.9. The fraction of sp³-hybridized carbons (Fsp3) is 0.562. The minimum atomic E-state index is -0.0819. The van der Waals surface area contributed by atoms with Crippen molar-refractivity contribution in [1.82, 2.24) is 15.5 Å². The number of amides is 2. The summed E-state index contributed by atoms with van der Waals surface area (Å²) in [5.74, 6) is 0. The van der Waals surface area contributed by atoms with Crippen molar-refractivity contribution in [2.24, 2.45) is 0 Å². The molecule has 0 aliphatic rings. The van der Waals surface area contributed by atoms with E-state index in [1.54, 1.807) is 0 Å². The third-order valence-electron chi connectivity index (χ3n) is 3.47. The number of benzene rings is 1. The maximum absolute atomic E-state index is 11.7. The van der Waals surface area contributed by atoms with Gasteiger partial charge in [-0.15, -0.1) is 0 Å². The van der Waals surface area contributed by atoms with Crippen LogP contribution >= 0.6 is 15.9 Å². The summed E-state index contributed by atoms with van der Waals surface area (Å²) < 4.78 is 1.09. The van der Waals surface area contributed by atoms with Crippen molar-refractivity contribution in [3.05, 3.63) is 34.3 Å². The van der Waals surface area contributed by atoms with Crippen LogP contribution in [-0.4, -0.2) is 43.7 Å². The number of halogens is 1. The van der Waals surface area contributed by atoms with Crippen LogP contribution in [0.1, 0.15) is 25.8 Å². The highest BCUT2D eigenvalue weighted by molar-refractivity contribution is 9.10. The minimum Gasteiger partial charge on any atom is -0.338 e. The van der Waals surface area contributed by atoms with E-state index >= 15 is 0 Å². The molecule has 1 rings (SSSR count). The van der Waals surface area contributed by atoms with Crippen LogP contribution in [0.3, 0.4) is 0 Å². The number of nitrogens with one attached hydrogen (secondary N) is 2. The molecule has 0 saturated carbocycles. The maximum Gasteiger partial charge on any atom is 0.314 e. The van der Waals surface area contributed by atoms with Gasteiger partial charge < -0.3 is 15.5 Å². The Morgan fingerprint density at radius 1 is 1.14 bits per heavy atom. The molecule has 0 spiro atoms. The molecule has 1 aromatic rings. The van der Waals surface area contributed by atoms with Crippen molar-refractivity contribution in [3.63, 3.8) is 0 Å². The molecule has 0 heterocycles. The molecule has 0 atom stereocenters. The molecule has 21 heavy (non-hydrogen) atoms. The number of carbonyl (C=O) groups excluding carboxylic acids is 1. The number of carbonyl (C=O) groups is 1. The van der Waals surface area contributed by atoms with Crippen molar-refractivity contribution in [1.29, 1.82) is 0 Å². The third-order valence-corrected chi connectivity index (χ3v) is 4.24. The van der Waals surface area contributed by atoms with E-state index in [2.05, 4.69) is 51.4 Å². The highest BCUT2D eigenvalue weighted by Gasteiger charge is 2.02. The molecule has 0 radical (unpaired) electrons. The van der Waals surface area contributed by atoms with Gasteiger partial charge in [0.2, 0.25) is 0 Å². The molecule has 2 amide bonds. The van der Waals surface area contributed by atoms with E-state index in [-0.39, 0.29) is 6.03 Å². The molecule has 0 aromatic heterocycles. The molecule has 118 valence electrons. The van der Waals surface area contributed by atoms with E-state index in [0.717, 1.165) is 43.5 Å². The van der Waals surface area contributed by atoms with E-state index in [0.29, 0.717) is 6.54 Å². The highest BCUT2D eigenvalue weighted by Crippen LogP contribution is 2.15. The van der Waals surface area contributed by atoms with Gasteiger partial charge in [-0.3, -0.25) is 0 Å². The van der Waals surface area contributed by atoms with Gasteiger partial charge in [-0.1, -0.05) is 48.0 Å². The van der Waals surface area contributed by atoms with Crippen molar-refractivity contribution in [2.75, 3.05) is 32.7 Å². The predicted octanol–water partition coefficient (Wildman–Crippen LogP) is 3.02. The van der Waals surface area contributed by atoms with Gasteiger partial charge in [-0.05, 0) is 44.1 Å². The molecule has 0 bridgehead atoms. The first kappa shape index (κ1) is 18.0. The number of rotatable bonds is 9. The van der Waals surface area contributed by atoms with Crippen LogP contribution in [-0.2, 0) is 6.42 Å². The van der Waals surface area contributed by atoms with Gasteiger partial charge in [0.25, 0.3) is 0 Å². The Morgan fingerprint density at radius 2 is 1.81 bits per heavy atom. The normalized spacial score (nSPS) is 10.7. The summed E-state index contributed by atoms with van der Waals surface area (Å²) in [4.78, 5) is 14.0. The lowest BCUT2D eigenvalue weighted by Gasteiger charge is -2.17. The van der Waals surface area contributed by atoms with Gasteiger partial charge in [-0.25, -0.2) is 4.79 Å². The Labute approximate surface area is 136 Å². The standard InChI is InChI=1S/C16H26BrN3O/c1-3-20(4-2)13-7-11-18-16(21)19-12-10-14-8-5-6-9-15(14)17/h5-6,8-9H,3-4,7,10-13H2,1-2H3,(H2,18,19,21). The van der Waals surface area contributed by atoms with Crippen LogP contribution in [0, 0.1) is 0 Å². The van der Waals surface area contributed by atoms with E-state index in [9.17, 15) is 4.79 Å². The largest absolute Gasteiger partial charge is 0.338 e. The first-order valence-corrected chi connectivity index (χ1v) is 8.44. The third kappa shape index (κ3) is 7.48. The monoisotopic (exact) mass is 355 g/mol. The molecule has 2 N–H and O–H groups in total. The molecule has 5 heteroatoms. The molecule has 0 aliphatic carbocycles. The molecule has 0 saturated heterocycles. The summed E-state index contributed by atoms with van der Waals surface area (Å²) in [6.45, 7) is 8.84. The van der Waals surface area contributed by atoms with Crippen molar-refractivity contribution < 1.29 is 4.79 Å². The summed E-state index contributed by atoms with van der Waals surface area (Å²) >= 11 is 3.51. The lowest BCUT2D eigenvalue weighted by Crippen LogP contribution is -2.38. The Kier molecular flexibility index (Phi) is 9.10. The smallest absolute Gasteiger partial charge is 0.314 e. The summed E-state index contributed by atoms with van der Waals surface area (Å²) in [6, 6.07) is 7.99. The summed E-state index contributed by atoms with van der Waals surface area (Å²) in [6.07, 6.45) is 1.81. The lowest BCUT2D eigenvalue weighted by molar-refractivity contribution is 0.239. The van der Waals surface area contributed by atoms with Crippen molar-refractivity contribution in [3.8, 4) is 0 Å². The van der Waals surface area contributed by atoms with Gasteiger partial charge in [-0.2, -0.15) is 0 Å². The average Bonchev–Trinajstić information content (AvgIpc) is 2.49. The number of hydrogen-bond donors (Lipinski definition) is 2. The average molecular weight is 356 g/mol. The molecule has 0 unspecified atom stereocenters. The van der Waals surface area contributed by atoms with Gasteiger partial charge in [0.1, 0.15) is 0 Å². The van der Waals surface area contributed by atoms with Gasteiger partial charge in [0.15, 0.2) is 0 Å². The van der Waals surface area contributed by atoms with Crippen LogP contribution in [0.25, 0.3) is 0 Å². The molecular weight excluding hydrogens is 330 g/mol. The summed E-state index contributed by atoms with van der Waals surface area (Å²) in [7, 11) is 0. The predicted molar refractivity (Wildman–Crippen MR) is 91.7 cm³/mol. The molecule has 0 fully saturated rings. The van der Waals surface area contributed by atoms with E-state index in [1.807, 2.05) is 18.2 Å². The lowest BCUT2D eigenvalue weighted by atomic mass is 10.1. The molecule has 4 nitrogen and oxygen atoms in total. The minimum absolute atomic E-state index is 0.0819. The van der Waals surface area contributed by atoms with E-state index in [1.165, 1.54) is 5.56 Å². The summed E-state index contributed by atoms with van der Waals surface area (Å²) in [5.41, 5.74) is 1.21. The molecule has 1 aromatic carbocycles. The van der Waals surface area contributed by atoms with Gasteiger partial charge in [0.05, 0.1) is 0 Å². The van der Waals surface area contributed by atoms with E-state index in [4.69, 9.17) is 0 Å². The van der Waals surface area contributed by atoms with Crippen molar-refractivity contribution >= 4 is 22.0 Å². The zero-order valence-electron chi connectivity index (χ0n) is 13.0. The molecule has 0 aliphatic heterocycles.